The van der Waals surface area contributed by atoms with Gasteiger partial charge in [-0.3, -0.25) is 0 Å². The van der Waals surface area contributed by atoms with Gasteiger partial charge in [-0.2, -0.15) is 4.72 Å². The largest absolute Gasteiger partial charge is 0.341 e. The Labute approximate surface area is 147 Å². The second-order valence-electron chi connectivity index (χ2n) is 6.53. The van der Waals surface area contributed by atoms with E-state index >= 15 is 0 Å². The molecule has 0 radical (unpaired) electrons. The summed E-state index contributed by atoms with van der Waals surface area (Å²) < 4.78 is 28.1. The standard InChI is InChI=1S/C17H23N5O2S/c1-5-14-18-9-15(21-14)25(23,24)22-16(10(2)3)17-19-12-7-6-11(4)8-13(12)20-17/h6-10,16,22H,5H2,1-4H3,(H,18,21)(H,19,20)/t16-/m0/s1. The van der Waals surface area contributed by atoms with E-state index in [-0.39, 0.29) is 10.9 Å². The van der Waals surface area contributed by atoms with Gasteiger partial charge in [0.2, 0.25) is 0 Å². The number of H-pyrrole nitrogens is 2. The van der Waals surface area contributed by atoms with Crippen LogP contribution in [-0.2, 0) is 16.4 Å². The third kappa shape index (κ3) is 3.59. The Kier molecular flexibility index (Phi) is 4.66. The van der Waals surface area contributed by atoms with Crippen LogP contribution in [0, 0.1) is 12.8 Å². The van der Waals surface area contributed by atoms with Crippen molar-refractivity contribution in [1.29, 1.82) is 0 Å². The average Bonchev–Trinajstić information content (AvgIpc) is 3.18. The van der Waals surface area contributed by atoms with Crippen LogP contribution < -0.4 is 4.72 Å². The fraction of sp³-hybridized carbons (Fsp3) is 0.412. The van der Waals surface area contributed by atoms with Crippen LogP contribution >= 0.6 is 0 Å². The highest BCUT2D eigenvalue weighted by molar-refractivity contribution is 7.89. The maximum Gasteiger partial charge on any atom is 0.258 e. The average molecular weight is 361 g/mol. The highest BCUT2D eigenvalue weighted by Gasteiger charge is 2.27. The molecule has 0 saturated carbocycles. The van der Waals surface area contributed by atoms with Gasteiger partial charge in [0.25, 0.3) is 10.0 Å². The minimum Gasteiger partial charge on any atom is -0.341 e. The molecule has 3 rings (SSSR count). The van der Waals surface area contributed by atoms with Crippen LogP contribution in [0.25, 0.3) is 11.0 Å². The maximum atomic E-state index is 12.7. The Morgan fingerprint density at radius 2 is 2.00 bits per heavy atom. The van der Waals surface area contributed by atoms with E-state index in [1.807, 2.05) is 45.9 Å². The van der Waals surface area contributed by atoms with Crippen LogP contribution in [0.4, 0.5) is 0 Å². The minimum atomic E-state index is -3.72. The Morgan fingerprint density at radius 3 is 2.64 bits per heavy atom. The van der Waals surface area contributed by atoms with Gasteiger partial charge in [0.15, 0.2) is 5.03 Å². The summed E-state index contributed by atoms with van der Waals surface area (Å²) in [6.45, 7) is 7.83. The molecule has 0 bridgehead atoms. The van der Waals surface area contributed by atoms with E-state index in [1.165, 1.54) is 6.20 Å². The molecule has 0 spiro atoms. The molecule has 0 aliphatic carbocycles. The Bertz CT molecular complexity index is 988. The number of hydrogen-bond donors (Lipinski definition) is 3. The first-order chi connectivity index (χ1) is 11.8. The number of benzene rings is 1. The molecule has 0 saturated heterocycles. The smallest absolute Gasteiger partial charge is 0.258 e. The molecule has 0 aliphatic rings. The van der Waals surface area contributed by atoms with E-state index in [4.69, 9.17) is 0 Å². The van der Waals surface area contributed by atoms with E-state index in [9.17, 15) is 8.42 Å². The molecule has 0 fully saturated rings. The predicted molar refractivity (Wildman–Crippen MR) is 96.7 cm³/mol. The zero-order valence-electron chi connectivity index (χ0n) is 14.8. The number of sulfonamides is 1. The molecular weight excluding hydrogens is 338 g/mol. The SMILES string of the molecule is CCc1ncc(S(=O)(=O)N[C@H](c2nc3ccc(C)cc3[nH]2)C(C)C)[nH]1. The summed E-state index contributed by atoms with van der Waals surface area (Å²) >= 11 is 0. The fourth-order valence-electron chi connectivity index (χ4n) is 2.69. The highest BCUT2D eigenvalue weighted by atomic mass is 32.2. The van der Waals surface area contributed by atoms with Gasteiger partial charge in [0.05, 0.1) is 23.3 Å². The number of aromatic nitrogens is 4. The van der Waals surface area contributed by atoms with Crippen molar-refractivity contribution in [3.8, 4) is 0 Å². The third-order valence-electron chi connectivity index (χ3n) is 4.13. The van der Waals surface area contributed by atoms with Gasteiger partial charge in [0.1, 0.15) is 11.6 Å². The monoisotopic (exact) mass is 361 g/mol. The zero-order chi connectivity index (χ0) is 18.2. The number of rotatable bonds is 6. The topological polar surface area (TPSA) is 104 Å². The molecule has 25 heavy (non-hydrogen) atoms. The lowest BCUT2D eigenvalue weighted by Gasteiger charge is -2.19. The molecule has 8 heteroatoms. The van der Waals surface area contributed by atoms with Crippen molar-refractivity contribution < 1.29 is 8.42 Å². The first-order valence-electron chi connectivity index (χ1n) is 8.32. The Morgan fingerprint density at radius 1 is 1.24 bits per heavy atom. The summed E-state index contributed by atoms with van der Waals surface area (Å²) in [4.78, 5) is 14.7. The van der Waals surface area contributed by atoms with Gasteiger partial charge in [-0.25, -0.2) is 18.4 Å². The van der Waals surface area contributed by atoms with Crippen molar-refractivity contribution in [3.05, 3.63) is 41.6 Å². The lowest BCUT2D eigenvalue weighted by atomic mass is 10.1. The lowest BCUT2D eigenvalue weighted by Crippen LogP contribution is -2.32. The lowest BCUT2D eigenvalue weighted by molar-refractivity contribution is 0.447. The summed E-state index contributed by atoms with van der Waals surface area (Å²) in [6.07, 6.45) is 1.99. The Hall–Kier alpha value is -2.19. The first kappa shape index (κ1) is 17.6. The number of fused-ring (bicyclic) bond motifs is 1. The number of nitrogens with one attached hydrogen (secondary N) is 3. The van der Waals surface area contributed by atoms with E-state index in [0.29, 0.717) is 18.1 Å². The number of hydrogen-bond acceptors (Lipinski definition) is 4. The molecule has 3 N–H and O–H groups in total. The second-order valence-corrected chi connectivity index (χ2v) is 8.22. The summed E-state index contributed by atoms with van der Waals surface area (Å²) in [6, 6.07) is 5.45. The third-order valence-corrected chi connectivity index (χ3v) is 5.48. The van der Waals surface area contributed by atoms with Crippen molar-refractivity contribution in [2.75, 3.05) is 0 Å². The van der Waals surface area contributed by atoms with Gasteiger partial charge in [-0.1, -0.05) is 26.8 Å². The van der Waals surface area contributed by atoms with Crippen LogP contribution in [0.3, 0.4) is 0 Å². The van der Waals surface area contributed by atoms with Crippen LogP contribution in [0.2, 0.25) is 0 Å². The van der Waals surface area contributed by atoms with Gasteiger partial charge < -0.3 is 9.97 Å². The molecule has 3 aromatic rings. The molecule has 0 unspecified atom stereocenters. The number of imidazole rings is 2. The van der Waals surface area contributed by atoms with Gasteiger partial charge in [-0.05, 0) is 30.5 Å². The second kappa shape index (κ2) is 6.61. The number of aromatic amines is 2. The van der Waals surface area contributed by atoms with E-state index in [2.05, 4.69) is 24.7 Å². The summed E-state index contributed by atoms with van der Waals surface area (Å²) in [5, 5.41) is 0.0713. The molecule has 1 aromatic carbocycles. The fourth-order valence-corrected chi connectivity index (χ4v) is 3.98. The van der Waals surface area contributed by atoms with Crippen LogP contribution in [-0.4, -0.2) is 28.4 Å². The number of aryl methyl sites for hydroxylation is 2. The molecule has 134 valence electrons. The highest BCUT2D eigenvalue weighted by Crippen LogP contribution is 2.24. The predicted octanol–water partition coefficient (Wildman–Crippen LogP) is 2.83. The van der Waals surface area contributed by atoms with Crippen molar-refractivity contribution in [2.24, 2.45) is 5.92 Å². The molecule has 2 aromatic heterocycles. The molecule has 0 amide bonds. The van der Waals surface area contributed by atoms with Gasteiger partial charge in [0, 0.05) is 6.42 Å². The molecule has 2 heterocycles. The Balaban J connectivity index is 1.95. The molecule has 0 aliphatic heterocycles. The van der Waals surface area contributed by atoms with E-state index in [0.717, 1.165) is 16.6 Å². The molecule has 1 atom stereocenters. The van der Waals surface area contributed by atoms with Crippen molar-refractivity contribution >= 4 is 21.1 Å². The normalized spacial score (nSPS) is 13.6. The summed E-state index contributed by atoms with van der Waals surface area (Å²) in [5.41, 5.74) is 2.84. The quantitative estimate of drug-likeness (QED) is 0.628. The van der Waals surface area contributed by atoms with Crippen LogP contribution in [0.1, 0.15) is 44.0 Å². The van der Waals surface area contributed by atoms with Crippen molar-refractivity contribution in [2.45, 2.75) is 45.2 Å². The first-order valence-corrected chi connectivity index (χ1v) is 9.81. The number of nitrogens with zero attached hydrogens (tertiary/aromatic N) is 2. The van der Waals surface area contributed by atoms with Crippen molar-refractivity contribution in [1.82, 2.24) is 24.7 Å². The molecular formula is C17H23N5O2S. The maximum absolute atomic E-state index is 12.7. The van der Waals surface area contributed by atoms with Crippen molar-refractivity contribution in [3.63, 3.8) is 0 Å². The molecule has 7 nitrogen and oxygen atoms in total. The van der Waals surface area contributed by atoms with Gasteiger partial charge in [-0.15, -0.1) is 0 Å². The zero-order valence-corrected chi connectivity index (χ0v) is 15.6. The van der Waals surface area contributed by atoms with E-state index in [1.54, 1.807) is 0 Å². The van der Waals surface area contributed by atoms with Crippen LogP contribution in [0.5, 0.6) is 0 Å². The summed E-state index contributed by atoms with van der Waals surface area (Å²) in [7, 11) is -3.72. The van der Waals surface area contributed by atoms with Gasteiger partial charge >= 0.3 is 0 Å². The minimum absolute atomic E-state index is 0.0185. The van der Waals surface area contributed by atoms with E-state index < -0.39 is 16.1 Å². The summed E-state index contributed by atoms with van der Waals surface area (Å²) in [5.74, 6) is 1.26. The van der Waals surface area contributed by atoms with Crippen LogP contribution in [0.15, 0.2) is 29.4 Å².